The quantitative estimate of drug-likeness (QED) is 0.495. The molecule has 1 aliphatic heterocycles. The minimum atomic E-state index is -0.759. The van der Waals surface area contributed by atoms with Crippen LogP contribution in [0.2, 0.25) is 0 Å². The number of hydrogen-bond acceptors (Lipinski definition) is 4. The van der Waals surface area contributed by atoms with Gasteiger partial charge >= 0.3 is 11.9 Å². The van der Waals surface area contributed by atoms with Crippen molar-refractivity contribution in [2.24, 2.45) is 11.8 Å². The average Bonchev–Trinajstić information content (AvgIpc) is 2.22. The summed E-state index contributed by atoms with van der Waals surface area (Å²) in [6.45, 7) is 7.43. The minimum Gasteiger partial charge on any atom is -0.465 e. The van der Waals surface area contributed by atoms with E-state index in [1.165, 1.54) is 0 Å². The number of cyclic esters (lactones) is 1. The zero-order chi connectivity index (χ0) is 10.9. The van der Waals surface area contributed by atoms with E-state index in [0.717, 1.165) is 0 Å². The number of ether oxygens (including phenoxy) is 2. The fraction of sp³-hybridized carbons (Fsp3) is 0.800. The summed E-state index contributed by atoms with van der Waals surface area (Å²) in [5, 5.41) is 0. The third-order valence-electron chi connectivity index (χ3n) is 2.75. The van der Waals surface area contributed by atoms with Crippen LogP contribution in [0.25, 0.3) is 0 Å². The summed E-state index contributed by atoms with van der Waals surface area (Å²) in [5.74, 6) is -1.85. The van der Waals surface area contributed by atoms with Crippen molar-refractivity contribution in [2.45, 2.75) is 33.3 Å². The lowest BCUT2D eigenvalue weighted by atomic mass is 9.85. The Bertz CT molecular complexity index is 257. The van der Waals surface area contributed by atoms with Gasteiger partial charge in [-0.15, -0.1) is 0 Å². The Kier molecular flexibility index (Phi) is 2.83. The summed E-state index contributed by atoms with van der Waals surface area (Å²) >= 11 is 0. The first kappa shape index (κ1) is 11.0. The van der Waals surface area contributed by atoms with Gasteiger partial charge in [-0.1, -0.05) is 6.92 Å². The van der Waals surface area contributed by atoms with Gasteiger partial charge in [0.2, 0.25) is 0 Å². The molecular weight excluding hydrogens is 184 g/mol. The molecule has 14 heavy (non-hydrogen) atoms. The molecule has 0 saturated carbocycles. The lowest BCUT2D eigenvalue weighted by Gasteiger charge is -2.22. The van der Waals surface area contributed by atoms with E-state index >= 15 is 0 Å². The Morgan fingerprint density at radius 1 is 1.57 bits per heavy atom. The lowest BCUT2D eigenvalue weighted by molar-refractivity contribution is -0.157. The van der Waals surface area contributed by atoms with Gasteiger partial charge in [-0.25, -0.2) is 0 Å². The highest BCUT2D eigenvalue weighted by Gasteiger charge is 2.51. The summed E-state index contributed by atoms with van der Waals surface area (Å²) < 4.78 is 9.92. The Morgan fingerprint density at radius 3 is 2.50 bits per heavy atom. The predicted molar refractivity (Wildman–Crippen MR) is 49.5 cm³/mol. The van der Waals surface area contributed by atoms with Crippen LogP contribution in [0, 0.1) is 11.8 Å². The van der Waals surface area contributed by atoms with Gasteiger partial charge in [0.1, 0.15) is 5.60 Å². The second-order valence-corrected chi connectivity index (χ2v) is 4.04. The Hall–Kier alpha value is -1.06. The van der Waals surface area contributed by atoms with Crippen LogP contribution in [0.5, 0.6) is 0 Å². The molecule has 0 aromatic rings. The molecule has 1 fully saturated rings. The molecule has 1 heterocycles. The molecule has 0 spiro atoms. The van der Waals surface area contributed by atoms with Crippen LogP contribution in [0.1, 0.15) is 27.7 Å². The highest BCUT2D eigenvalue weighted by Crippen LogP contribution is 2.37. The van der Waals surface area contributed by atoms with E-state index in [0.29, 0.717) is 0 Å². The molecule has 0 aromatic heterocycles. The third kappa shape index (κ3) is 1.74. The standard InChI is InChI=1S/C10H16O4/c1-5-13-8(11)7-6(2)10(3,4)14-9(7)12/h6-7H,5H2,1-4H3/t6-,7-/m1/s1. The van der Waals surface area contributed by atoms with Crippen LogP contribution < -0.4 is 0 Å². The summed E-state index contributed by atoms with van der Waals surface area (Å²) in [6.07, 6.45) is 0. The second kappa shape index (κ2) is 3.59. The van der Waals surface area contributed by atoms with Crippen molar-refractivity contribution >= 4 is 11.9 Å². The monoisotopic (exact) mass is 200 g/mol. The number of carbonyl (C=O) groups excluding carboxylic acids is 2. The normalized spacial score (nSPS) is 29.9. The van der Waals surface area contributed by atoms with Gasteiger partial charge in [-0.3, -0.25) is 9.59 Å². The summed E-state index contributed by atoms with van der Waals surface area (Å²) in [4.78, 5) is 22.8. The maximum absolute atomic E-state index is 11.4. The highest BCUT2D eigenvalue weighted by molar-refractivity contribution is 5.97. The lowest BCUT2D eigenvalue weighted by Crippen LogP contribution is -2.31. The first-order valence-corrected chi connectivity index (χ1v) is 4.79. The molecular formula is C10H16O4. The van der Waals surface area contributed by atoms with Gasteiger partial charge in [0.15, 0.2) is 5.92 Å². The van der Waals surface area contributed by atoms with E-state index in [2.05, 4.69) is 0 Å². The van der Waals surface area contributed by atoms with Crippen molar-refractivity contribution in [3.63, 3.8) is 0 Å². The van der Waals surface area contributed by atoms with E-state index in [1.807, 2.05) is 6.92 Å². The topological polar surface area (TPSA) is 52.6 Å². The van der Waals surface area contributed by atoms with Crippen LogP contribution in [-0.2, 0) is 19.1 Å². The molecule has 0 unspecified atom stereocenters. The molecule has 0 N–H and O–H groups in total. The molecule has 0 amide bonds. The van der Waals surface area contributed by atoms with Crippen molar-refractivity contribution in [3.05, 3.63) is 0 Å². The zero-order valence-corrected chi connectivity index (χ0v) is 8.99. The first-order chi connectivity index (χ1) is 6.40. The molecule has 0 bridgehead atoms. The fourth-order valence-electron chi connectivity index (χ4n) is 1.55. The summed E-state index contributed by atoms with van der Waals surface area (Å²) in [5.41, 5.74) is -0.575. The van der Waals surface area contributed by atoms with Crippen molar-refractivity contribution in [1.82, 2.24) is 0 Å². The smallest absolute Gasteiger partial charge is 0.321 e. The number of rotatable bonds is 2. The molecule has 0 aromatic carbocycles. The molecule has 2 atom stereocenters. The maximum atomic E-state index is 11.4. The Labute approximate surface area is 83.6 Å². The van der Waals surface area contributed by atoms with Crippen LogP contribution in [0.15, 0.2) is 0 Å². The predicted octanol–water partition coefficient (Wildman–Crippen LogP) is 1.14. The molecule has 0 radical (unpaired) electrons. The molecule has 4 nitrogen and oxygen atoms in total. The molecule has 1 aliphatic rings. The van der Waals surface area contributed by atoms with Gasteiger partial charge in [0.05, 0.1) is 6.61 Å². The third-order valence-corrected chi connectivity index (χ3v) is 2.75. The van der Waals surface area contributed by atoms with Gasteiger partial charge in [-0.2, -0.15) is 0 Å². The van der Waals surface area contributed by atoms with Gasteiger partial charge in [0, 0.05) is 5.92 Å². The number of esters is 2. The number of hydrogen-bond donors (Lipinski definition) is 0. The summed E-state index contributed by atoms with van der Waals surface area (Å²) in [7, 11) is 0. The van der Waals surface area contributed by atoms with Crippen molar-refractivity contribution in [2.75, 3.05) is 6.61 Å². The number of carbonyl (C=O) groups is 2. The van der Waals surface area contributed by atoms with Crippen LogP contribution in [0.4, 0.5) is 0 Å². The SMILES string of the molecule is CCOC(=O)[C@@H]1C(=O)OC(C)(C)[C@@H]1C. The Morgan fingerprint density at radius 2 is 2.14 bits per heavy atom. The van der Waals surface area contributed by atoms with Crippen molar-refractivity contribution in [1.29, 1.82) is 0 Å². The van der Waals surface area contributed by atoms with Gasteiger partial charge in [0.25, 0.3) is 0 Å². The molecule has 1 rings (SSSR count). The van der Waals surface area contributed by atoms with E-state index in [-0.39, 0.29) is 12.5 Å². The van der Waals surface area contributed by atoms with E-state index in [1.54, 1.807) is 20.8 Å². The highest BCUT2D eigenvalue weighted by atomic mass is 16.6. The molecule has 4 heteroatoms. The summed E-state index contributed by atoms with van der Waals surface area (Å²) in [6, 6.07) is 0. The van der Waals surface area contributed by atoms with Crippen molar-refractivity contribution in [3.8, 4) is 0 Å². The molecule has 1 saturated heterocycles. The molecule has 0 aliphatic carbocycles. The largest absolute Gasteiger partial charge is 0.465 e. The fourth-order valence-corrected chi connectivity index (χ4v) is 1.55. The Balaban J connectivity index is 2.80. The molecule has 80 valence electrons. The van der Waals surface area contributed by atoms with Crippen LogP contribution in [0.3, 0.4) is 0 Å². The van der Waals surface area contributed by atoms with Gasteiger partial charge < -0.3 is 9.47 Å². The maximum Gasteiger partial charge on any atom is 0.321 e. The zero-order valence-electron chi connectivity index (χ0n) is 8.99. The van der Waals surface area contributed by atoms with Crippen molar-refractivity contribution < 1.29 is 19.1 Å². The average molecular weight is 200 g/mol. The minimum absolute atomic E-state index is 0.144. The van der Waals surface area contributed by atoms with E-state index < -0.39 is 23.5 Å². The van der Waals surface area contributed by atoms with E-state index in [4.69, 9.17) is 9.47 Å². The second-order valence-electron chi connectivity index (χ2n) is 4.04. The van der Waals surface area contributed by atoms with E-state index in [9.17, 15) is 9.59 Å². The van der Waals surface area contributed by atoms with Crippen LogP contribution >= 0.6 is 0 Å². The van der Waals surface area contributed by atoms with Crippen LogP contribution in [-0.4, -0.2) is 24.1 Å². The first-order valence-electron chi connectivity index (χ1n) is 4.79. The van der Waals surface area contributed by atoms with Gasteiger partial charge in [-0.05, 0) is 20.8 Å².